The van der Waals surface area contributed by atoms with Crippen molar-refractivity contribution in [3.05, 3.63) is 63.0 Å². The number of benzene rings is 2. The minimum atomic E-state index is -0.385. The fraction of sp³-hybridized carbons (Fsp3) is 0.125. The lowest BCUT2D eigenvalue weighted by molar-refractivity contribution is 0.0977. The van der Waals surface area contributed by atoms with Gasteiger partial charge >= 0.3 is 0 Å². The van der Waals surface area contributed by atoms with Gasteiger partial charge in [-0.25, -0.2) is 4.39 Å². The molecule has 0 atom stereocenters. The monoisotopic (exact) mass is 428 g/mol. The predicted octanol–water partition coefficient (Wildman–Crippen LogP) is 4.12. The number of halogens is 2. The van der Waals surface area contributed by atoms with Crippen molar-refractivity contribution >= 4 is 51.5 Å². The first-order chi connectivity index (χ1) is 10.5. The third-order valence-electron chi connectivity index (χ3n) is 3.03. The largest absolute Gasteiger partial charge is 0.332 e. The van der Waals surface area contributed by atoms with Crippen LogP contribution in [0.5, 0.6) is 0 Å². The summed E-state index contributed by atoms with van der Waals surface area (Å²) in [6.07, 6.45) is 0.855. The standard InChI is InChI=1S/C16H14FIN2OS/c1-2-10-9-13(18)7-8-14(10)19-16(22)20-15(21)11-3-5-12(17)6-4-11/h3-9H,2H2,1H3,(H2,19,20,21,22). The highest BCUT2D eigenvalue weighted by atomic mass is 127. The lowest BCUT2D eigenvalue weighted by atomic mass is 10.1. The van der Waals surface area contributed by atoms with Crippen molar-refractivity contribution in [3.8, 4) is 0 Å². The van der Waals surface area contributed by atoms with Crippen LogP contribution >= 0.6 is 34.8 Å². The van der Waals surface area contributed by atoms with E-state index in [0.717, 1.165) is 21.2 Å². The van der Waals surface area contributed by atoms with Crippen molar-refractivity contribution in [3.63, 3.8) is 0 Å². The van der Waals surface area contributed by atoms with Gasteiger partial charge < -0.3 is 5.32 Å². The van der Waals surface area contributed by atoms with Crippen LogP contribution < -0.4 is 10.6 Å². The smallest absolute Gasteiger partial charge is 0.257 e. The van der Waals surface area contributed by atoms with Gasteiger partial charge in [0.15, 0.2) is 5.11 Å². The summed E-state index contributed by atoms with van der Waals surface area (Å²) in [6.45, 7) is 2.05. The van der Waals surface area contributed by atoms with Crippen molar-refractivity contribution < 1.29 is 9.18 Å². The minimum Gasteiger partial charge on any atom is -0.332 e. The molecular formula is C16H14FIN2OS. The van der Waals surface area contributed by atoms with E-state index < -0.39 is 0 Å². The number of amides is 1. The Labute approximate surface area is 147 Å². The summed E-state index contributed by atoms with van der Waals surface area (Å²) in [4.78, 5) is 12.0. The summed E-state index contributed by atoms with van der Waals surface area (Å²) < 4.78 is 14.0. The Morgan fingerprint density at radius 1 is 1.23 bits per heavy atom. The average molecular weight is 428 g/mol. The molecule has 0 aliphatic rings. The Morgan fingerprint density at radius 3 is 2.55 bits per heavy atom. The van der Waals surface area contributed by atoms with Gasteiger partial charge in [-0.1, -0.05) is 6.92 Å². The molecule has 0 radical (unpaired) electrons. The molecule has 0 unspecified atom stereocenters. The van der Waals surface area contributed by atoms with Crippen molar-refractivity contribution in [2.24, 2.45) is 0 Å². The van der Waals surface area contributed by atoms with Gasteiger partial charge in [0.1, 0.15) is 5.82 Å². The molecule has 0 saturated carbocycles. The fourth-order valence-corrected chi connectivity index (χ4v) is 2.67. The molecule has 1 amide bonds. The lowest BCUT2D eigenvalue weighted by Crippen LogP contribution is -2.34. The van der Waals surface area contributed by atoms with Gasteiger partial charge in [0.05, 0.1) is 0 Å². The molecule has 2 rings (SSSR count). The van der Waals surface area contributed by atoms with Crippen LogP contribution in [0.4, 0.5) is 10.1 Å². The second-order valence-electron chi connectivity index (χ2n) is 4.57. The van der Waals surface area contributed by atoms with Gasteiger partial charge in [0.25, 0.3) is 5.91 Å². The third kappa shape index (κ3) is 4.48. The quantitative estimate of drug-likeness (QED) is 0.571. The first-order valence-electron chi connectivity index (χ1n) is 6.66. The zero-order valence-corrected chi connectivity index (χ0v) is 14.8. The van der Waals surface area contributed by atoms with Gasteiger partial charge in [0, 0.05) is 14.8 Å². The van der Waals surface area contributed by atoms with Gasteiger partial charge in [-0.2, -0.15) is 0 Å². The molecule has 0 aliphatic carbocycles. The molecule has 0 saturated heterocycles. The van der Waals surface area contributed by atoms with E-state index in [1.807, 2.05) is 12.1 Å². The molecule has 0 aliphatic heterocycles. The molecule has 2 aromatic carbocycles. The number of carbonyl (C=O) groups is 1. The number of hydrogen-bond donors (Lipinski definition) is 2. The number of rotatable bonds is 3. The molecule has 2 aromatic rings. The summed E-state index contributed by atoms with van der Waals surface area (Å²) >= 11 is 7.41. The van der Waals surface area contributed by atoms with E-state index in [1.54, 1.807) is 0 Å². The molecule has 0 spiro atoms. The highest BCUT2D eigenvalue weighted by Gasteiger charge is 2.09. The molecule has 114 valence electrons. The Hall–Kier alpha value is -1.54. The topological polar surface area (TPSA) is 41.1 Å². The van der Waals surface area contributed by atoms with Crippen LogP contribution in [0, 0.1) is 9.39 Å². The molecule has 6 heteroatoms. The summed E-state index contributed by atoms with van der Waals surface area (Å²) in [5, 5.41) is 5.82. The lowest BCUT2D eigenvalue weighted by Gasteiger charge is -2.13. The second-order valence-corrected chi connectivity index (χ2v) is 6.22. The summed E-state index contributed by atoms with van der Waals surface area (Å²) in [5.41, 5.74) is 2.33. The Morgan fingerprint density at radius 2 is 1.91 bits per heavy atom. The normalized spacial score (nSPS) is 10.1. The molecule has 3 nitrogen and oxygen atoms in total. The average Bonchev–Trinajstić information content (AvgIpc) is 2.49. The zero-order valence-electron chi connectivity index (χ0n) is 11.8. The van der Waals surface area contributed by atoms with Gasteiger partial charge in [-0.3, -0.25) is 10.1 Å². The van der Waals surface area contributed by atoms with Crippen LogP contribution in [-0.2, 0) is 6.42 Å². The number of aryl methyl sites for hydroxylation is 1. The predicted molar refractivity (Wildman–Crippen MR) is 98.6 cm³/mol. The van der Waals surface area contributed by atoms with E-state index in [9.17, 15) is 9.18 Å². The van der Waals surface area contributed by atoms with E-state index in [0.29, 0.717) is 5.56 Å². The van der Waals surface area contributed by atoms with Crippen LogP contribution in [0.2, 0.25) is 0 Å². The van der Waals surface area contributed by atoms with Crippen LogP contribution in [0.1, 0.15) is 22.8 Å². The number of anilines is 1. The van der Waals surface area contributed by atoms with Crippen molar-refractivity contribution in [1.82, 2.24) is 5.32 Å². The van der Waals surface area contributed by atoms with Crippen molar-refractivity contribution in [1.29, 1.82) is 0 Å². The molecular weight excluding hydrogens is 414 g/mol. The number of nitrogens with one attached hydrogen (secondary N) is 2. The number of carbonyl (C=O) groups excluding carboxylic acids is 1. The maximum atomic E-state index is 12.8. The van der Waals surface area contributed by atoms with Crippen LogP contribution in [0.3, 0.4) is 0 Å². The second kappa shape index (κ2) is 7.64. The van der Waals surface area contributed by atoms with E-state index >= 15 is 0 Å². The van der Waals surface area contributed by atoms with Gasteiger partial charge in [-0.05, 0) is 89.3 Å². The van der Waals surface area contributed by atoms with E-state index in [1.165, 1.54) is 24.3 Å². The zero-order chi connectivity index (χ0) is 16.1. The number of thiocarbonyl (C=S) groups is 1. The Bertz CT molecular complexity index is 704. The summed E-state index contributed by atoms with van der Waals surface area (Å²) in [6, 6.07) is 11.3. The van der Waals surface area contributed by atoms with E-state index in [2.05, 4.69) is 46.2 Å². The molecule has 0 fully saturated rings. The molecule has 0 aromatic heterocycles. The maximum Gasteiger partial charge on any atom is 0.257 e. The molecule has 2 N–H and O–H groups in total. The highest BCUT2D eigenvalue weighted by molar-refractivity contribution is 14.1. The maximum absolute atomic E-state index is 12.8. The summed E-state index contributed by atoms with van der Waals surface area (Å²) in [5.74, 6) is -0.759. The first kappa shape index (κ1) is 16.8. The van der Waals surface area contributed by atoms with Crippen LogP contribution in [0.15, 0.2) is 42.5 Å². The summed E-state index contributed by atoms with van der Waals surface area (Å²) in [7, 11) is 0. The number of hydrogen-bond acceptors (Lipinski definition) is 2. The van der Waals surface area contributed by atoms with E-state index in [4.69, 9.17) is 12.2 Å². The molecule has 0 bridgehead atoms. The SMILES string of the molecule is CCc1cc(I)ccc1NC(=S)NC(=O)c1ccc(F)cc1. The minimum absolute atomic E-state index is 0.213. The van der Waals surface area contributed by atoms with Crippen LogP contribution in [0.25, 0.3) is 0 Å². The molecule has 22 heavy (non-hydrogen) atoms. The third-order valence-corrected chi connectivity index (χ3v) is 3.90. The van der Waals surface area contributed by atoms with Gasteiger partial charge in [-0.15, -0.1) is 0 Å². The molecule has 0 heterocycles. The van der Waals surface area contributed by atoms with Crippen LogP contribution in [-0.4, -0.2) is 11.0 Å². The van der Waals surface area contributed by atoms with E-state index in [-0.39, 0.29) is 16.8 Å². The first-order valence-corrected chi connectivity index (χ1v) is 8.14. The van der Waals surface area contributed by atoms with Gasteiger partial charge in [0.2, 0.25) is 0 Å². The Kier molecular flexibility index (Phi) is 5.84. The fourth-order valence-electron chi connectivity index (χ4n) is 1.91. The highest BCUT2D eigenvalue weighted by Crippen LogP contribution is 2.19. The van der Waals surface area contributed by atoms with Crippen molar-refractivity contribution in [2.45, 2.75) is 13.3 Å². The Balaban J connectivity index is 2.04. The van der Waals surface area contributed by atoms with Crippen molar-refractivity contribution in [2.75, 3.05) is 5.32 Å².